The molecule has 2 N–H and O–H groups in total. The highest BCUT2D eigenvalue weighted by Gasteiger charge is 2.03. The molecule has 0 bridgehead atoms. The summed E-state index contributed by atoms with van der Waals surface area (Å²) in [6.07, 6.45) is 1.48. The zero-order valence-corrected chi connectivity index (χ0v) is 12.7. The smallest absolute Gasteiger partial charge is 0.277 e. The van der Waals surface area contributed by atoms with Crippen molar-refractivity contribution in [3.8, 4) is 11.5 Å². The van der Waals surface area contributed by atoms with Gasteiger partial charge in [0.15, 0.2) is 6.61 Å². The number of hydrogen-bond donors (Lipinski definition) is 2. The summed E-state index contributed by atoms with van der Waals surface area (Å²) < 4.78 is 5.34. The quantitative estimate of drug-likeness (QED) is 0.658. The third-order valence-electron chi connectivity index (χ3n) is 2.80. The van der Waals surface area contributed by atoms with Crippen LogP contribution >= 0.6 is 11.6 Å². The third-order valence-corrected chi connectivity index (χ3v) is 3.22. The van der Waals surface area contributed by atoms with E-state index < -0.39 is 0 Å². The first kappa shape index (κ1) is 15.9. The Kier molecular flexibility index (Phi) is 5.38. The minimum absolute atomic E-state index is 0.145. The van der Waals surface area contributed by atoms with Crippen molar-refractivity contribution in [1.29, 1.82) is 0 Å². The van der Waals surface area contributed by atoms with Crippen LogP contribution in [0.5, 0.6) is 11.5 Å². The highest BCUT2D eigenvalue weighted by atomic mass is 35.5. The van der Waals surface area contributed by atoms with E-state index >= 15 is 0 Å². The fraction of sp³-hybridized carbons (Fsp3) is 0.125. The molecule has 0 atom stereocenters. The Bertz CT molecular complexity index is 684. The molecular formula is C16H15ClN2O3. The standard InChI is InChI=1S/C16H15ClN2O3/c1-11-8-14(6-7-15(11)17)22-10-16(21)19-18-9-12-2-4-13(20)5-3-12/h2-9,20H,10H2,1H3,(H,19,21)/b18-9-. The lowest BCUT2D eigenvalue weighted by atomic mass is 10.2. The van der Waals surface area contributed by atoms with Gasteiger partial charge in [-0.25, -0.2) is 5.43 Å². The predicted octanol–water partition coefficient (Wildman–Crippen LogP) is 2.88. The largest absolute Gasteiger partial charge is 0.508 e. The summed E-state index contributed by atoms with van der Waals surface area (Å²) in [5.74, 6) is 0.370. The number of aromatic hydroxyl groups is 1. The average Bonchev–Trinajstić information content (AvgIpc) is 2.50. The number of phenolic OH excluding ortho intramolecular Hbond substituents is 1. The maximum absolute atomic E-state index is 11.6. The Hall–Kier alpha value is -2.53. The van der Waals surface area contributed by atoms with E-state index in [0.29, 0.717) is 10.8 Å². The van der Waals surface area contributed by atoms with Crippen LogP contribution in [0.1, 0.15) is 11.1 Å². The second-order valence-corrected chi connectivity index (χ2v) is 4.99. The van der Waals surface area contributed by atoms with E-state index in [0.717, 1.165) is 11.1 Å². The van der Waals surface area contributed by atoms with Gasteiger partial charge in [-0.05, 0) is 60.5 Å². The summed E-state index contributed by atoms with van der Waals surface area (Å²) in [5.41, 5.74) is 4.00. The van der Waals surface area contributed by atoms with Crippen LogP contribution in [0.15, 0.2) is 47.6 Å². The molecule has 0 saturated heterocycles. The van der Waals surface area contributed by atoms with Crippen molar-refractivity contribution in [2.75, 3.05) is 6.61 Å². The van der Waals surface area contributed by atoms with Crippen molar-refractivity contribution in [1.82, 2.24) is 5.43 Å². The van der Waals surface area contributed by atoms with Crippen molar-refractivity contribution in [3.05, 3.63) is 58.6 Å². The number of carbonyl (C=O) groups excluding carboxylic acids is 1. The third kappa shape index (κ3) is 4.79. The molecule has 2 aromatic carbocycles. The highest BCUT2D eigenvalue weighted by Crippen LogP contribution is 2.20. The lowest BCUT2D eigenvalue weighted by molar-refractivity contribution is -0.123. The monoisotopic (exact) mass is 318 g/mol. The van der Waals surface area contributed by atoms with E-state index in [4.69, 9.17) is 21.4 Å². The Labute approximate surface area is 133 Å². The van der Waals surface area contributed by atoms with Gasteiger partial charge in [-0.1, -0.05) is 11.6 Å². The number of rotatable bonds is 5. The van der Waals surface area contributed by atoms with E-state index in [1.165, 1.54) is 18.3 Å². The number of ether oxygens (including phenoxy) is 1. The van der Waals surface area contributed by atoms with Gasteiger partial charge in [0, 0.05) is 5.02 Å². The number of aryl methyl sites for hydroxylation is 1. The topological polar surface area (TPSA) is 70.9 Å². The molecule has 0 spiro atoms. The van der Waals surface area contributed by atoms with Crippen molar-refractivity contribution < 1.29 is 14.6 Å². The van der Waals surface area contributed by atoms with E-state index in [1.807, 2.05) is 6.92 Å². The molecule has 0 aliphatic heterocycles. The first-order chi connectivity index (χ1) is 10.5. The zero-order valence-electron chi connectivity index (χ0n) is 11.9. The van der Waals surface area contributed by atoms with Gasteiger partial charge < -0.3 is 9.84 Å². The van der Waals surface area contributed by atoms with Gasteiger partial charge >= 0.3 is 0 Å². The fourth-order valence-electron chi connectivity index (χ4n) is 1.63. The molecule has 0 unspecified atom stereocenters. The molecular weight excluding hydrogens is 304 g/mol. The minimum Gasteiger partial charge on any atom is -0.508 e. The van der Waals surface area contributed by atoms with Crippen LogP contribution < -0.4 is 10.2 Å². The number of nitrogens with one attached hydrogen (secondary N) is 1. The second kappa shape index (κ2) is 7.47. The summed E-state index contributed by atoms with van der Waals surface area (Å²) in [6, 6.07) is 11.6. The number of carbonyl (C=O) groups is 1. The molecule has 0 aliphatic carbocycles. The number of hydrazone groups is 1. The van der Waals surface area contributed by atoms with Gasteiger partial charge in [-0.15, -0.1) is 0 Å². The molecule has 2 aromatic rings. The van der Waals surface area contributed by atoms with Gasteiger partial charge in [-0.2, -0.15) is 5.10 Å². The summed E-state index contributed by atoms with van der Waals surface area (Å²) in [6.45, 7) is 1.71. The van der Waals surface area contributed by atoms with E-state index in [9.17, 15) is 4.79 Å². The number of amides is 1. The summed E-state index contributed by atoms with van der Waals surface area (Å²) in [4.78, 5) is 11.6. The maximum atomic E-state index is 11.6. The van der Waals surface area contributed by atoms with Gasteiger partial charge in [0.05, 0.1) is 6.21 Å². The average molecular weight is 319 g/mol. The van der Waals surface area contributed by atoms with Crippen molar-refractivity contribution in [2.45, 2.75) is 6.92 Å². The lowest BCUT2D eigenvalue weighted by Gasteiger charge is -2.06. The summed E-state index contributed by atoms with van der Waals surface area (Å²) in [7, 11) is 0. The van der Waals surface area contributed by atoms with Crippen molar-refractivity contribution in [2.24, 2.45) is 5.10 Å². The number of nitrogens with zero attached hydrogens (tertiary/aromatic N) is 1. The van der Waals surface area contributed by atoms with Gasteiger partial charge in [0.2, 0.25) is 0 Å². The van der Waals surface area contributed by atoms with Gasteiger partial charge in [0.25, 0.3) is 5.91 Å². The molecule has 0 saturated carbocycles. The van der Waals surface area contributed by atoms with Gasteiger partial charge in [-0.3, -0.25) is 4.79 Å². The Balaban J connectivity index is 1.80. The fourth-order valence-corrected chi connectivity index (χ4v) is 1.74. The normalized spacial score (nSPS) is 10.6. The van der Waals surface area contributed by atoms with Crippen LogP contribution in [0.2, 0.25) is 5.02 Å². The number of benzene rings is 2. The highest BCUT2D eigenvalue weighted by molar-refractivity contribution is 6.31. The van der Waals surface area contributed by atoms with Crippen LogP contribution in [0, 0.1) is 6.92 Å². The summed E-state index contributed by atoms with van der Waals surface area (Å²) >= 11 is 5.91. The molecule has 2 rings (SSSR count). The predicted molar refractivity (Wildman–Crippen MR) is 85.5 cm³/mol. The van der Waals surface area contributed by atoms with E-state index in [2.05, 4.69) is 10.5 Å². The molecule has 5 nitrogen and oxygen atoms in total. The molecule has 1 amide bonds. The lowest BCUT2D eigenvalue weighted by Crippen LogP contribution is -2.24. The molecule has 0 aromatic heterocycles. The van der Waals surface area contributed by atoms with Crippen molar-refractivity contribution in [3.63, 3.8) is 0 Å². The molecule has 6 heteroatoms. The Morgan fingerprint density at radius 1 is 1.32 bits per heavy atom. The van der Waals surface area contributed by atoms with Crippen molar-refractivity contribution >= 4 is 23.7 Å². The van der Waals surface area contributed by atoms with E-state index in [1.54, 1.807) is 30.3 Å². The Morgan fingerprint density at radius 2 is 2.05 bits per heavy atom. The molecule has 0 heterocycles. The van der Waals surface area contributed by atoms with Crippen LogP contribution in [0.25, 0.3) is 0 Å². The zero-order chi connectivity index (χ0) is 15.9. The molecule has 0 fully saturated rings. The van der Waals surface area contributed by atoms with Gasteiger partial charge in [0.1, 0.15) is 11.5 Å². The summed E-state index contributed by atoms with van der Waals surface area (Å²) in [5, 5.41) is 13.6. The first-order valence-corrected chi connectivity index (χ1v) is 6.92. The SMILES string of the molecule is Cc1cc(OCC(=O)N/N=C\c2ccc(O)cc2)ccc1Cl. The maximum Gasteiger partial charge on any atom is 0.277 e. The second-order valence-electron chi connectivity index (χ2n) is 4.58. The molecule has 0 aliphatic rings. The molecule has 22 heavy (non-hydrogen) atoms. The van der Waals surface area contributed by atoms with Crippen LogP contribution in [-0.4, -0.2) is 23.8 Å². The number of phenols is 1. The Morgan fingerprint density at radius 3 is 2.73 bits per heavy atom. The minimum atomic E-state index is -0.373. The van der Waals surface area contributed by atoms with Crippen LogP contribution in [0.4, 0.5) is 0 Å². The molecule has 0 radical (unpaired) electrons. The molecule has 114 valence electrons. The van der Waals surface area contributed by atoms with Crippen LogP contribution in [-0.2, 0) is 4.79 Å². The van der Waals surface area contributed by atoms with E-state index in [-0.39, 0.29) is 18.3 Å². The van der Waals surface area contributed by atoms with Crippen LogP contribution in [0.3, 0.4) is 0 Å². The number of hydrogen-bond acceptors (Lipinski definition) is 4. The number of halogens is 1. The first-order valence-electron chi connectivity index (χ1n) is 6.54.